The molecule has 0 bridgehead atoms. The molecule has 3 aliphatic rings. The van der Waals surface area contributed by atoms with Gasteiger partial charge in [0.1, 0.15) is 5.54 Å². The number of nitrogens with zero attached hydrogens (tertiary/aromatic N) is 3. The number of hydrogen-bond donors (Lipinski definition) is 2. The Morgan fingerprint density at radius 2 is 1.82 bits per heavy atom. The Morgan fingerprint density at radius 1 is 1.12 bits per heavy atom. The van der Waals surface area contributed by atoms with Crippen molar-refractivity contribution in [1.29, 1.82) is 0 Å². The monoisotopic (exact) mass is 491 g/mol. The fraction of sp³-hybridized carbons (Fsp3) is 0.609. The van der Waals surface area contributed by atoms with Crippen molar-refractivity contribution in [3.63, 3.8) is 0 Å². The third-order valence-corrected chi connectivity index (χ3v) is 8.92. The lowest BCUT2D eigenvalue weighted by Gasteiger charge is -2.33. The molecule has 2 N–H and O–H groups in total. The van der Waals surface area contributed by atoms with Crippen LogP contribution < -0.4 is 10.6 Å². The van der Waals surface area contributed by atoms with Gasteiger partial charge in [-0.1, -0.05) is 25.8 Å². The molecule has 1 saturated carbocycles. The summed E-state index contributed by atoms with van der Waals surface area (Å²) in [7, 11) is -3.64. The van der Waals surface area contributed by atoms with Crippen LogP contribution in [-0.4, -0.2) is 85.2 Å². The molecule has 1 spiro atoms. The second-order valence-electron chi connectivity index (χ2n) is 9.19. The zero-order chi connectivity index (χ0) is 24.3. The van der Waals surface area contributed by atoms with Gasteiger partial charge in [-0.15, -0.1) is 0 Å². The first-order chi connectivity index (χ1) is 16.2. The number of amides is 4. The van der Waals surface area contributed by atoms with Crippen LogP contribution in [0.5, 0.6) is 0 Å². The molecule has 186 valence electrons. The summed E-state index contributed by atoms with van der Waals surface area (Å²) in [6.07, 6.45) is 3.63. The second-order valence-corrected chi connectivity index (χ2v) is 11.1. The summed E-state index contributed by atoms with van der Waals surface area (Å²) in [5, 5.41) is 5.57. The molecule has 0 atom stereocenters. The smallest absolute Gasteiger partial charge is 0.325 e. The molecule has 0 aromatic heterocycles. The van der Waals surface area contributed by atoms with Crippen LogP contribution >= 0.6 is 0 Å². The van der Waals surface area contributed by atoms with Crippen LogP contribution in [0.4, 0.5) is 10.5 Å². The van der Waals surface area contributed by atoms with E-state index >= 15 is 0 Å². The van der Waals surface area contributed by atoms with Gasteiger partial charge in [0, 0.05) is 44.8 Å². The van der Waals surface area contributed by atoms with E-state index < -0.39 is 15.6 Å². The normalized spacial score (nSPS) is 21.3. The third kappa shape index (κ3) is 4.96. The molecule has 34 heavy (non-hydrogen) atoms. The fourth-order valence-corrected chi connectivity index (χ4v) is 6.46. The number of carbonyl (C=O) groups is 3. The first kappa shape index (κ1) is 24.6. The van der Waals surface area contributed by atoms with Crippen molar-refractivity contribution in [2.45, 2.75) is 55.9 Å². The van der Waals surface area contributed by atoms with Crippen molar-refractivity contribution >= 4 is 33.6 Å². The number of imide groups is 1. The number of piperazine rings is 1. The van der Waals surface area contributed by atoms with Crippen LogP contribution in [0.2, 0.25) is 0 Å². The van der Waals surface area contributed by atoms with Crippen molar-refractivity contribution in [1.82, 2.24) is 19.4 Å². The number of anilines is 1. The standard InChI is InChI=1S/C23H33N5O5S/c1-2-26-13-15-27(16-14-26)34(32,33)19-8-5-7-18(17-19)24-20(29)9-6-12-28-21(30)23(25-22(28)31)10-3-4-11-23/h5,7-8,17H,2-4,6,9-16H2,1H3,(H,24,29)(H,25,31). The van der Waals surface area contributed by atoms with Gasteiger partial charge in [-0.2, -0.15) is 4.31 Å². The van der Waals surface area contributed by atoms with Crippen LogP contribution in [0, 0.1) is 0 Å². The Morgan fingerprint density at radius 3 is 2.50 bits per heavy atom. The molecule has 10 nitrogen and oxygen atoms in total. The molecule has 2 aliphatic heterocycles. The maximum absolute atomic E-state index is 13.0. The molecule has 3 fully saturated rings. The first-order valence-electron chi connectivity index (χ1n) is 12.0. The molecule has 2 heterocycles. The van der Waals surface area contributed by atoms with Gasteiger partial charge in [-0.3, -0.25) is 14.5 Å². The maximum atomic E-state index is 13.0. The van der Waals surface area contributed by atoms with Crippen molar-refractivity contribution < 1.29 is 22.8 Å². The van der Waals surface area contributed by atoms with Crippen molar-refractivity contribution in [2.24, 2.45) is 0 Å². The lowest BCUT2D eigenvalue weighted by molar-refractivity contribution is -0.131. The van der Waals surface area contributed by atoms with E-state index in [0.717, 1.165) is 19.4 Å². The summed E-state index contributed by atoms with van der Waals surface area (Å²) >= 11 is 0. The van der Waals surface area contributed by atoms with Gasteiger partial charge in [0.05, 0.1) is 4.90 Å². The van der Waals surface area contributed by atoms with Gasteiger partial charge in [-0.25, -0.2) is 13.2 Å². The minimum absolute atomic E-state index is 0.111. The maximum Gasteiger partial charge on any atom is 0.325 e. The Labute approximate surface area is 200 Å². The second kappa shape index (κ2) is 10.0. The fourth-order valence-electron chi connectivity index (χ4n) is 4.99. The highest BCUT2D eigenvalue weighted by atomic mass is 32.2. The summed E-state index contributed by atoms with van der Waals surface area (Å²) in [4.78, 5) is 40.9. The highest BCUT2D eigenvalue weighted by molar-refractivity contribution is 7.89. The van der Waals surface area contributed by atoms with Gasteiger partial charge in [0.15, 0.2) is 0 Å². The van der Waals surface area contributed by atoms with Crippen molar-refractivity contribution in [3.05, 3.63) is 24.3 Å². The van der Waals surface area contributed by atoms with E-state index in [1.54, 1.807) is 12.1 Å². The molecule has 4 rings (SSSR count). The van der Waals surface area contributed by atoms with E-state index in [4.69, 9.17) is 0 Å². The molecule has 1 aliphatic carbocycles. The molecule has 11 heteroatoms. The predicted molar refractivity (Wildman–Crippen MR) is 127 cm³/mol. The van der Waals surface area contributed by atoms with Gasteiger partial charge in [-0.05, 0) is 44.0 Å². The minimum atomic E-state index is -3.64. The third-order valence-electron chi connectivity index (χ3n) is 7.02. The Hall–Kier alpha value is -2.50. The number of sulfonamides is 1. The van der Waals surface area contributed by atoms with Crippen LogP contribution in [0.3, 0.4) is 0 Å². The van der Waals surface area contributed by atoms with E-state index in [9.17, 15) is 22.8 Å². The van der Waals surface area contributed by atoms with Crippen LogP contribution in [0.25, 0.3) is 0 Å². The highest BCUT2D eigenvalue weighted by Crippen LogP contribution is 2.35. The predicted octanol–water partition coefficient (Wildman–Crippen LogP) is 1.60. The van der Waals surface area contributed by atoms with Crippen molar-refractivity contribution in [2.75, 3.05) is 44.6 Å². The van der Waals surface area contributed by atoms with Crippen LogP contribution in [0.15, 0.2) is 29.2 Å². The first-order valence-corrected chi connectivity index (χ1v) is 13.5. The molecular weight excluding hydrogens is 458 g/mol. The summed E-state index contributed by atoms with van der Waals surface area (Å²) < 4.78 is 27.5. The topological polar surface area (TPSA) is 119 Å². The summed E-state index contributed by atoms with van der Waals surface area (Å²) in [6, 6.07) is 5.88. The minimum Gasteiger partial charge on any atom is -0.326 e. The highest BCUT2D eigenvalue weighted by Gasteiger charge is 2.52. The Kier molecular flexibility index (Phi) is 7.25. The number of likely N-dealkylation sites (N-methyl/N-ethyl adjacent to an activating group) is 1. The van der Waals surface area contributed by atoms with Gasteiger partial charge in [0.25, 0.3) is 5.91 Å². The summed E-state index contributed by atoms with van der Waals surface area (Å²) in [5.74, 6) is -0.484. The zero-order valence-electron chi connectivity index (χ0n) is 19.6. The number of carbonyl (C=O) groups excluding carboxylic acids is 3. The summed E-state index contributed by atoms with van der Waals surface area (Å²) in [6.45, 7) is 5.41. The zero-order valence-corrected chi connectivity index (χ0v) is 20.4. The van der Waals surface area contributed by atoms with Crippen LogP contribution in [0.1, 0.15) is 45.4 Å². The van der Waals surface area contributed by atoms with Gasteiger partial charge >= 0.3 is 6.03 Å². The molecule has 2 saturated heterocycles. The average molecular weight is 492 g/mol. The van der Waals surface area contributed by atoms with E-state index in [1.807, 2.05) is 0 Å². The van der Waals surface area contributed by atoms with Crippen molar-refractivity contribution in [3.8, 4) is 0 Å². The largest absolute Gasteiger partial charge is 0.326 e. The SMILES string of the molecule is CCN1CCN(S(=O)(=O)c2cccc(NC(=O)CCCN3C(=O)NC4(CCCC4)C3=O)c2)CC1. The van der Waals surface area contributed by atoms with E-state index in [0.29, 0.717) is 51.1 Å². The lowest BCUT2D eigenvalue weighted by atomic mass is 9.98. The van der Waals surface area contributed by atoms with E-state index in [2.05, 4.69) is 22.5 Å². The molecule has 4 amide bonds. The lowest BCUT2D eigenvalue weighted by Crippen LogP contribution is -2.48. The molecular formula is C23H33N5O5S. The number of benzene rings is 1. The average Bonchev–Trinajstić information content (AvgIpc) is 3.39. The Bertz CT molecular complexity index is 1050. The van der Waals surface area contributed by atoms with Gasteiger partial charge in [0.2, 0.25) is 15.9 Å². The Balaban J connectivity index is 1.30. The quantitative estimate of drug-likeness (QED) is 0.533. The number of hydrogen-bond acceptors (Lipinski definition) is 6. The van der Waals surface area contributed by atoms with Gasteiger partial charge < -0.3 is 15.5 Å². The van der Waals surface area contributed by atoms with Crippen LogP contribution in [-0.2, 0) is 19.6 Å². The van der Waals surface area contributed by atoms with E-state index in [-0.39, 0.29) is 35.7 Å². The molecule has 0 unspecified atom stereocenters. The number of rotatable bonds is 8. The van der Waals surface area contributed by atoms with E-state index in [1.165, 1.54) is 21.3 Å². The molecule has 1 aromatic rings. The molecule has 1 aromatic carbocycles. The summed E-state index contributed by atoms with van der Waals surface area (Å²) in [5.41, 5.74) is -0.341. The number of nitrogens with one attached hydrogen (secondary N) is 2. The number of urea groups is 1. The molecule has 0 radical (unpaired) electrons.